The van der Waals surface area contributed by atoms with E-state index >= 15 is 0 Å². The van der Waals surface area contributed by atoms with Crippen LogP contribution in [0, 0.1) is 17.6 Å². The fourth-order valence-corrected chi connectivity index (χ4v) is 2.77. The maximum absolute atomic E-state index is 13.3. The molecule has 2 N–H and O–H groups in total. The topological polar surface area (TPSA) is 49.3 Å². The van der Waals surface area contributed by atoms with Crippen molar-refractivity contribution < 1.29 is 18.7 Å². The zero-order valence-electron chi connectivity index (χ0n) is 12.4. The number of benzene rings is 2. The van der Waals surface area contributed by atoms with Gasteiger partial charge in [0.25, 0.3) is 0 Å². The van der Waals surface area contributed by atoms with Crippen LogP contribution in [0.4, 0.5) is 8.78 Å². The molecule has 5 heteroatoms. The van der Waals surface area contributed by atoms with Gasteiger partial charge in [0, 0.05) is 18.0 Å². The van der Waals surface area contributed by atoms with E-state index < -0.39 is 5.82 Å². The normalized spacial score (nSPS) is 19.4. The van der Waals surface area contributed by atoms with Gasteiger partial charge >= 0.3 is 0 Å². The Morgan fingerprint density at radius 3 is 2.78 bits per heavy atom. The van der Waals surface area contributed by atoms with E-state index in [1.165, 1.54) is 24.3 Å². The maximum atomic E-state index is 13.3. The summed E-state index contributed by atoms with van der Waals surface area (Å²) in [5.41, 5.74) is 1.78. The van der Waals surface area contributed by atoms with Crippen LogP contribution in [0.25, 0.3) is 0 Å². The molecule has 0 bridgehead atoms. The zero-order chi connectivity index (χ0) is 16.4. The Kier molecular flexibility index (Phi) is 4.39. The molecule has 0 aliphatic heterocycles. The summed E-state index contributed by atoms with van der Waals surface area (Å²) in [4.78, 5) is 12.1. The van der Waals surface area contributed by atoms with Crippen molar-refractivity contribution in [3.63, 3.8) is 0 Å². The maximum Gasteiger partial charge on any atom is 0.224 e. The molecular formula is C18H17F2NO2. The predicted molar refractivity (Wildman–Crippen MR) is 81.4 cm³/mol. The van der Waals surface area contributed by atoms with Crippen molar-refractivity contribution in [2.75, 3.05) is 0 Å². The van der Waals surface area contributed by atoms with Gasteiger partial charge in [-0.3, -0.25) is 4.79 Å². The first-order valence-corrected chi connectivity index (χ1v) is 7.50. The SMILES string of the molecule is O=C(NCc1ccc(F)c(CO)c1)C1CC1c1cccc(F)c1. The van der Waals surface area contributed by atoms with Gasteiger partial charge in [0.2, 0.25) is 5.91 Å². The quantitative estimate of drug-likeness (QED) is 0.891. The van der Waals surface area contributed by atoms with E-state index in [0.29, 0.717) is 6.42 Å². The molecule has 1 saturated carbocycles. The molecule has 1 aliphatic rings. The molecule has 2 aromatic carbocycles. The fraction of sp³-hybridized carbons (Fsp3) is 0.278. The van der Waals surface area contributed by atoms with Crippen molar-refractivity contribution in [2.24, 2.45) is 5.92 Å². The van der Waals surface area contributed by atoms with Gasteiger partial charge in [0.05, 0.1) is 6.61 Å². The summed E-state index contributed by atoms with van der Waals surface area (Å²) in [5, 5.41) is 11.9. The van der Waals surface area contributed by atoms with Crippen LogP contribution in [0.15, 0.2) is 42.5 Å². The van der Waals surface area contributed by atoms with Crippen molar-refractivity contribution >= 4 is 5.91 Å². The number of aliphatic hydroxyl groups excluding tert-OH is 1. The van der Waals surface area contributed by atoms with Crippen molar-refractivity contribution in [3.05, 3.63) is 70.8 Å². The number of carbonyl (C=O) groups excluding carboxylic acids is 1. The molecule has 23 heavy (non-hydrogen) atoms. The number of hydrogen-bond donors (Lipinski definition) is 2. The van der Waals surface area contributed by atoms with Gasteiger partial charge in [-0.2, -0.15) is 0 Å². The molecule has 3 nitrogen and oxygen atoms in total. The Morgan fingerprint density at radius 2 is 2.04 bits per heavy atom. The van der Waals surface area contributed by atoms with Gasteiger partial charge in [0.1, 0.15) is 11.6 Å². The lowest BCUT2D eigenvalue weighted by Gasteiger charge is -2.07. The Balaban J connectivity index is 1.57. The second-order valence-electron chi connectivity index (χ2n) is 5.81. The van der Waals surface area contributed by atoms with Gasteiger partial charge in [-0.1, -0.05) is 18.2 Å². The molecular weight excluding hydrogens is 300 g/mol. The summed E-state index contributed by atoms with van der Waals surface area (Å²) in [5.74, 6) is -0.928. The Bertz CT molecular complexity index is 733. The van der Waals surface area contributed by atoms with Crippen LogP contribution in [-0.2, 0) is 17.9 Å². The second-order valence-corrected chi connectivity index (χ2v) is 5.81. The molecule has 0 spiro atoms. The minimum atomic E-state index is -0.462. The summed E-state index contributed by atoms with van der Waals surface area (Å²) in [6, 6.07) is 10.7. The monoisotopic (exact) mass is 317 g/mol. The van der Waals surface area contributed by atoms with E-state index in [-0.39, 0.29) is 42.3 Å². The van der Waals surface area contributed by atoms with Crippen molar-refractivity contribution in [2.45, 2.75) is 25.5 Å². The Hall–Kier alpha value is -2.27. The van der Waals surface area contributed by atoms with Gasteiger partial charge < -0.3 is 10.4 Å². The van der Waals surface area contributed by atoms with E-state index in [1.807, 2.05) is 6.07 Å². The fourth-order valence-electron chi connectivity index (χ4n) is 2.77. The lowest BCUT2D eigenvalue weighted by molar-refractivity contribution is -0.122. The third kappa shape index (κ3) is 3.56. The number of amides is 1. The van der Waals surface area contributed by atoms with E-state index in [0.717, 1.165) is 11.1 Å². The first-order valence-electron chi connectivity index (χ1n) is 7.50. The molecule has 1 fully saturated rings. The first kappa shape index (κ1) is 15.6. The highest BCUT2D eigenvalue weighted by Crippen LogP contribution is 2.47. The molecule has 2 atom stereocenters. The van der Waals surface area contributed by atoms with Crippen LogP contribution in [0.1, 0.15) is 29.0 Å². The van der Waals surface area contributed by atoms with Crippen LogP contribution < -0.4 is 5.32 Å². The van der Waals surface area contributed by atoms with E-state index in [1.54, 1.807) is 12.1 Å². The third-order valence-electron chi connectivity index (χ3n) is 4.15. The molecule has 1 amide bonds. The Labute approximate surface area is 133 Å². The van der Waals surface area contributed by atoms with Crippen LogP contribution in [0.2, 0.25) is 0 Å². The van der Waals surface area contributed by atoms with Crippen LogP contribution in [-0.4, -0.2) is 11.0 Å². The summed E-state index contributed by atoms with van der Waals surface area (Å²) >= 11 is 0. The minimum absolute atomic E-state index is 0.0620. The molecule has 3 rings (SSSR count). The molecule has 0 heterocycles. The van der Waals surface area contributed by atoms with Crippen LogP contribution in [0.3, 0.4) is 0 Å². The lowest BCUT2D eigenvalue weighted by Crippen LogP contribution is -2.25. The molecule has 1 aliphatic carbocycles. The predicted octanol–water partition coefficient (Wildman–Crippen LogP) is 2.88. The molecule has 0 saturated heterocycles. The largest absolute Gasteiger partial charge is 0.392 e. The number of rotatable bonds is 5. The Morgan fingerprint density at radius 1 is 1.22 bits per heavy atom. The van der Waals surface area contributed by atoms with E-state index in [2.05, 4.69) is 5.32 Å². The van der Waals surface area contributed by atoms with Crippen molar-refractivity contribution in [1.29, 1.82) is 0 Å². The van der Waals surface area contributed by atoms with Gasteiger partial charge in [-0.15, -0.1) is 0 Å². The highest BCUT2D eigenvalue weighted by atomic mass is 19.1. The second kappa shape index (κ2) is 6.46. The molecule has 0 radical (unpaired) electrons. The van der Waals surface area contributed by atoms with Gasteiger partial charge in [-0.05, 0) is 47.7 Å². The average molecular weight is 317 g/mol. The van der Waals surface area contributed by atoms with Gasteiger partial charge in [0.15, 0.2) is 0 Å². The highest BCUT2D eigenvalue weighted by molar-refractivity contribution is 5.82. The minimum Gasteiger partial charge on any atom is -0.392 e. The van der Waals surface area contributed by atoms with Crippen LogP contribution >= 0.6 is 0 Å². The number of halogens is 2. The van der Waals surface area contributed by atoms with Crippen LogP contribution in [0.5, 0.6) is 0 Å². The molecule has 0 aromatic heterocycles. The molecule has 2 aromatic rings. The average Bonchev–Trinajstić information content (AvgIpc) is 3.34. The number of carbonyl (C=O) groups is 1. The van der Waals surface area contributed by atoms with Gasteiger partial charge in [-0.25, -0.2) is 8.78 Å². The van der Waals surface area contributed by atoms with E-state index in [4.69, 9.17) is 5.11 Å². The van der Waals surface area contributed by atoms with Crippen molar-refractivity contribution in [1.82, 2.24) is 5.32 Å². The summed E-state index contributed by atoms with van der Waals surface area (Å²) in [6.45, 7) is -0.101. The van der Waals surface area contributed by atoms with E-state index in [9.17, 15) is 13.6 Å². The number of nitrogens with one attached hydrogen (secondary N) is 1. The number of aliphatic hydroxyl groups is 1. The lowest BCUT2D eigenvalue weighted by atomic mass is 10.1. The summed E-state index contributed by atoms with van der Waals surface area (Å²) < 4.78 is 26.5. The third-order valence-corrected chi connectivity index (χ3v) is 4.15. The molecule has 2 unspecified atom stereocenters. The zero-order valence-corrected chi connectivity index (χ0v) is 12.4. The highest BCUT2D eigenvalue weighted by Gasteiger charge is 2.43. The standard InChI is InChI=1S/C18H17F2NO2/c19-14-3-1-2-12(7-14)15-8-16(15)18(23)21-9-11-4-5-17(20)13(6-11)10-22/h1-7,15-16,22H,8-10H2,(H,21,23). The smallest absolute Gasteiger partial charge is 0.224 e. The number of hydrogen-bond acceptors (Lipinski definition) is 2. The summed E-state index contributed by atoms with van der Waals surface area (Å²) in [6.07, 6.45) is 0.709. The van der Waals surface area contributed by atoms with Crippen molar-refractivity contribution in [3.8, 4) is 0 Å². The first-order chi connectivity index (χ1) is 11.1. The summed E-state index contributed by atoms with van der Waals surface area (Å²) in [7, 11) is 0. The molecule has 120 valence electrons.